The van der Waals surface area contributed by atoms with Crippen LogP contribution in [0.1, 0.15) is 16.7 Å². The molecule has 0 saturated heterocycles. The first-order valence-corrected chi connectivity index (χ1v) is 12.4. The van der Waals surface area contributed by atoms with Crippen LogP contribution in [0.5, 0.6) is 0 Å². The molecule has 0 bridgehead atoms. The third kappa shape index (κ3) is 4.20. The molecule has 10 nitrogen and oxygen atoms in total. The number of nitrogens with one attached hydrogen (secondary N) is 2. The van der Waals surface area contributed by atoms with Crippen molar-refractivity contribution < 1.29 is 25.9 Å². The largest absolute Gasteiger partial charge is 0.340 e. The Kier molecular flexibility index (Phi) is 5.28. The minimum absolute atomic E-state index is 0.109. The number of hydrogen-bond donors (Lipinski definition) is 4. The molecule has 0 unspecified atom stereocenters. The zero-order chi connectivity index (χ0) is 24.3. The molecule has 12 heteroatoms. The van der Waals surface area contributed by atoms with E-state index in [4.69, 9.17) is 0 Å². The summed E-state index contributed by atoms with van der Waals surface area (Å²) in [4.78, 5) is 20.1. The number of aromatic nitrogens is 2. The zero-order valence-electron chi connectivity index (χ0n) is 17.7. The van der Waals surface area contributed by atoms with E-state index in [1.54, 1.807) is 26.8 Å². The van der Waals surface area contributed by atoms with Gasteiger partial charge in [0.15, 0.2) is 5.43 Å². The van der Waals surface area contributed by atoms with Crippen LogP contribution in [0, 0.1) is 20.8 Å². The van der Waals surface area contributed by atoms with Crippen molar-refractivity contribution in [2.75, 3.05) is 5.32 Å². The molecule has 0 aliphatic heterocycles. The molecule has 4 N–H and O–H groups in total. The summed E-state index contributed by atoms with van der Waals surface area (Å²) in [5.74, 6) is 0.380. The van der Waals surface area contributed by atoms with Crippen LogP contribution in [0.25, 0.3) is 21.9 Å². The van der Waals surface area contributed by atoms with Crippen molar-refractivity contribution in [1.82, 2.24) is 9.97 Å². The molecule has 0 saturated carbocycles. The average molecular weight is 490 g/mol. The van der Waals surface area contributed by atoms with Crippen molar-refractivity contribution in [3.05, 3.63) is 63.3 Å². The lowest BCUT2D eigenvalue weighted by atomic mass is 10.1. The molecule has 4 rings (SSSR count). The molecule has 2 aromatic heterocycles. The van der Waals surface area contributed by atoms with Crippen molar-refractivity contribution in [3.63, 3.8) is 0 Å². The Hall–Kier alpha value is -3.32. The van der Waals surface area contributed by atoms with E-state index < -0.39 is 25.7 Å². The van der Waals surface area contributed by atoms with Gasteiger partial charge in [-0.25, -0.2) is 4.98 Å². The number of anilines is 2. The van der Waals surface area contributed by atoms with Gasteiger partial charge in [0.1, 0.15) is 11.5 Å². The lowest BCUT2D eigenvalue weighted by Gasteiger charge is -2.13. The van der Waals surface area contributed by atoms with Gasteiger partial charge in [0.25, 0.3) is 20.2 Å². The summed E-state index contributed by atoms with van der Waals surface area (Å²) >= 11 is 0. The van der Waals surface area contributed by atoms with Gasteiger partial charge in [-0.05, 0) is 73.9 Å². The van der Waals surface area contributed by atoms with E-state index >= 15 is 0 Å². The Labute approximate surface area is 188 Å². The second kappa shape index (κ2) is 7.63. The number of benzene rings is 2. The van der Waals surface area contributed by atoms with Gasteiger partial charge in [-0.15, -0.1) is 0 Å². The van der Waals surface area contributed by atoms with Crippen LogP contribution >= 0.6 is 0 Å². The predicted octanol–water partition coefficient (Wildman–Crippen LogP) is 3.24. The highest BCUT2D eigenvalue weighted by Crippen LogP contribution is 2.27. The van der Waals surface area contributed by atoms with Gasteiger partial charge in [0, 0.05) is 11.1 Å². The van der Waals surface area contributed by atoms with E-state index in [-0.39, 0.29) is 26.2 Å². The third-order valence-corrected chi connectivity index (χ3v) is 6.98. The minimum atomic E-state index is -4.49. The van der Waals surface area contributed by atoms with Gasteiger partial charge < -0.3 is 10.3 Å². The average Bonchev–Trinajstić information content (AvgIpc) is 2.68. The molecule has 2 aromatic carbocycles. The van der Waals surface area contributed by atoms with Gasteiger partial charge in [0.05, 0.1) is 20.7 Å². The van der Waals surface area contributed by atoms with Crippen LogP contribution in [0.15, 0.2) is 51.0 Å². The van der Waals surface area contributed by atoms with E-state index in [1.165, 1.54) is 24.3 Å². The molecule has 2 heterocycles. The van der Waals surface area contributed by atoms with Crippen molar-refractivity contribution >= 4 is 53.7 Å². The molecular weight excluding hydrogens is 470 g/mol. The van der Waals surface area contributed by atoms with Crippen LogP contribution in [0.2, 0.25) is 0 Å². The summed E-state index contributed by atoms with van der Waals surface area (Å²) in [5.41, 5.74) is 2.32. The number of rotatable bonds is 4. The van der Waals surface area contributed by atoms with E-state index in [2.05, 4.69) is 15.3 Å². The SMILES string of the molecule is Cc1cc(S(=O)(=O)O)ccc1Nc1cc(C)c2c(=O)c3cc(S(=O)(=O)O)cc(C)c3[nH]c2n1. The van der Waals surface area contributed by atoms with Crippen molar-refractivity contribution in [3.8, 4) is 0 Å². The first-order chi connectivity index (χ1) is 15.3. The summed E-state index contributed by atoms with van der Waals surface area (Å²) in [6.07, 6.45) is 0. The minimum Gasteiger partial charge on any atom is -0.340 e. The second-order valence-corrected chi connectivity index (χ2v) is 10.6. The molecule has 4 aromatic rings. The lowest BCUT2D eigenvalue weighted by molar-refractivity contribution is 0.481. The normalized spacial score (nSPS) is 12.4. The fraction of sp³-hybridized carbons (Fsp3) is 0.143. The molecule has 0 aliphatic rings. The van der Waals surface area contributed by atoms with E-state index in [0.717, 1.165) is 6.07 Å². The van der Waals surface area contributed by atoms with Gasteiger partial charge in [0.2, 0.25) is 0 Å². The number of pyridine rings is 2. The summed E-state index contributed by atoms with van der Waals surface area (Å²) in [6, 6.07) is 8.07. The monoisotopic (exact) mass is 489 g/mol. The fourth-order valence-electron chi connectivity index (χ4n) is 3.69. The molecule has 0 radical (unpaired) electrons. The number of aromatic amines is 1. The van der Waals surface area contributed by atoms with E-state index in [1.807, 2.05) is 0 Å². The zero-order valence-corrected chi connectivity index (χ0v) is 19.3. The van der Waals surface area contributed by atoms with Crippen molar-refractivity contribution in [2.45, 2.75) is 30.6 Å². The highest BCUT2D eigenvalue weighted by molar-refractivity contribution is 7.86. The highest BCUT2D eigenvalue weighted by atomic mass is 32.2. The Balaban J connectivity index is 1.88. The topological polar surface area (TPSA) is 167 Å². The first kappa shape index (κ1) is 22.9. The van der Waals surface area contributed by atoms with Gasteiger partial charge in [-0.2, -0.15) is 16.8 Å². The quantitative estimate of drug-likeness (QED) is 0.248. The molecule has 0 atom stereocenters. The third-order valence-electron chi connectivity index (χ3n) is 5.30. The van der Waals surface area contributed by atoms with Crippen LogP contribution in [0.3, 0.4) is 0 Å². The molecular formula is C21H19N3O7S2. The Morgan fingerprint density at radius 2 is 1.48 bits per heavy atom. The van der Waals surface area contributed by atoms with Crippen LogP contribution in [-0.4, -0.2) is 35.9 Å². The van der Waals surface area contributed by atoms with Gasteiger partial charge >= 0.3 is 0 Å². The van der Waals surface area contributed by atoms with Gasteiger partial charge in [-0.1, -0.05) is 0 Å². The Morgan fingerprint density at radius 1 is 0.848 bits per heavy atom. The number of fused-ring (bicyclic) bond motifs is 2. The predicted molar refractivity (Wildman–Crippen MR) is 123 cm³/mol. The molecule has 172 valence electrons. The Bertz CT molecular complexity index is 1740. The number of aryl methyl sites for hydroxylation is 3. The van der Waals surface area contributed by atoms with Crippen molar-refractivity contribution in [1.29, 1.82) is 0 Å². The number of nitrogens with zero attached hydrogens (tertiary/aromatic N) is 1. The number of hydrogen-bond acceptors (Lipinski definition) is 7. The first-order valence-electron chi connectivity index (χ1n) is 9.56. The maximum atomic E-state index is 13.2. The van der Waals surface area contributed by atoms with Crippen LogP contribution in [0.4, 0.5) is 11.5 Å². The van der Waals surface area contributed by atoms with E-state index in [9.17, 15) is 30.7 Å². The highest BCUT2D eigenvalue weighted by Gasteiger charge is 2.18. The molecule has 0 aliphatic carbocycles. The second-order valence-electron chi connectivity index (χ2n) is 7.72. The smallest absolute Gasteiger partial charge is 0.294 e. The maximum absolute atomic E-state index is 13.2. The standard InChI is InChI=1S/C21H19N3O7S2/c1-10-6-13(32(26,27)28)4-5-16(10)22-17-8-11(2)18-20(25)15-9-14(33(29,30)31)7-12(3)19(15)24-21(18)23-17/h4-9H,1-3H3,(H,26,27,28)(H,29,30,31)(H2,22,23,24,25). The molecule has 0 amide bonds. The summed E-state index contributed by atoms with van der Waals surface area (Å²) in [6.45, 7) is 4.97. The van der Waals surface area contributed by atoms with E-state index in [0.29, 0.717) is 33.7 Å². The maximum Gasteiger partial charge on any atom is 0.294 e. The molecule has 33 heavy (non-hydrogen) atoms. The lowest BCUT2D eigenvalue weighted by Crippen LogP contribution is -2.10. The van der Waals surface area contributed by atoms with Crippen molar-refractivity contribution in [2.24, 2.45) is 0 Å². The molecule has 0 spiro atoms. The van der Waals surface area contributed by atoms with Crippen LogP contribution in [-0.2, 0) is 20.2 Å². The summed E-state index contributed by atoms with van der Waals surface area (Å²) < 4.78 is 64.4. The fourth-order valence-corrected chi connectivity index (χ4v) is 4.85. The van der Waals surface area contributed by atoms with Crippen LogP contribution < -0.4 is 10.7 Å². The number of H-pyrrole nitrogens is 1. The molecule has 0 fully saturated rings. The summed E-state index contributed by atoms with van der Waals surface area (Å²) in [5, 5.41) is 3.44. The Morgan fingerprint density at radius 3 is 2.09 bits per heavy atom. The van der Waals surface area contributed by atoms with Gasteiger partial charge in [-0.3, -0.25) is 13.9 Å². The summed E-state index contributed by atoms with van der Waals surface area (Å²) in [7, 11) is -8.82.